The molecule has 0 aliphatic rings. The lowest BCUT2D eigenvalue weighted by atomic mass is 10.1. The summed E-state index contributed by atoms with van der Waals surface area (Å²) in [4.78, 5) is 0. The second kappa shape index (κ2) is 6.80. The van der Waals surface area contributed by atoms with Crippen molar-refractivity contribution < 1.29 is 4.74 Å². The van der Waals surface area contributed by atoms with Crippen molar-refractivity contribution in [3.8, 4) is 5.75 Å². The van der Waals surface area contributed by atoms with Crippen molar-refractivity contribution in [3.05, 3.63) is 57.6 Å². The van der Waals surface area contributed by atoms with Gasteiger partial charge in [0.25, 0.3) is 0 Å². The van der Waals surface area contributed by atoms with Crippen LogP contribution in [0.4, 0.5) is 5.69 Å². The fraction of sp³-hybridized carbons (Fsp3) is 0.294. The molecule has 0 bridgehead atoms. The molecule has 0 aliphatic heterocycles. The van der Waals surface area contributed by atoms with E-state index in [9.17, 15) is 0 Å². The Morgan fingerprint density at radius 3 is 2.50 bits per heavy atom. The lowest BCUT2D eigenvalue weighted by Crippen LogP contribution is -2.05. The Labute approximate surface area is 129 Å². The zero-order valence-corrected chi connectivity index (χ0v) is 13.8. The molecule has 2 aromatic rings. The van der Waals surface area contributed by atoms with Crippen molar-refractivity contribution in [3.63, 3.8) is 0 Å². The molecule has 1 N–H and O–H groups in total. The number of anilines is 1. The molecular weight excluding hydrogens is 314 g/mol. The number of nitrogens with one attached hydrogen (secondary N) is 1. The van der Waals surface area contributed by atoms with Gasteiger partial charge in [-0.25, -0.2) is 0 Å². The van der Waals surface area contributed by atoms with Crippen LogP contribution in [-0.2, 0) is 13.0 Å². The highest BCUT2D eigenvalue weighted by Gasteiger charge is 2.08. The van der Waals surface area contributed by atoms with Gasteiger partial charge in [-0.3, -0.25) is 0 Å². The van der Waals surface area contributed by atoms with E-state index in [1.807, 2.05) is 6.07 Å². The van der Waals surface area contributed by atoms with E-state index >= 15 is 0 Å². The summed E-state index contributed by atoms with van der Waals surface area (Å²) in [6, 6.07) is 12.6. The molecule has 2 aromatic carbocycles. The van der Waals surface area contributed by atoms with Gasteiger partial charge in [0.1, 0.15) is 5.75 Å². The number of ether oxygens (including phenoxy) is 1. The third-order valence-corrected chi connectivity index (χ3v) is 3.90. The topological polar surface area (TPSA) is 21.3 Å². The molecule has 0 aromatic heterocycles. The molecule has 0 unspecified atom stereocenters. The van der Waals surface area contributed by atoms with Gasteiger partial charge in [0.15, 0.2) is 0 Å². The zero-order chi connectivity index (χ0) is 14.5. The second-order valence-electron chi connectivity index (χ2n) is 4.78. The Bertz CT molecular complexity index is 596. The molecule has 0 fully saturated rings. The van der Waals surface area contributed by atoms with Gasteiger partial charge >= 0.3 is 0 Å². The first-order valence-electron chi connectivity index (χ1n) is 6.80. The van der Waals surface area contributed by atoms with E-state index in [0.29, 0.717) is 0 Å². The van der Waals surface area contributed by atoms with Crippen molar-refractivity contribution in [2.75, 3.05) is 12.4 Å². The van der Waals surface area contributed by atoms with Crippen LogP contribution in [0.3, 0.4) is 0 Å². The SMILES string of the molecule is CCc1ccccc1CNc1c(C)cc(Br)cc1OC. The Morgan fingerprint density at radius 2 is 1.85 bits per heavy atom. The van der Waals surface area contributed by atoms with Crippen molar-refractivity contribution >= 4 is 21.6 Å². The molecule has 106 valence electrons. The van der Waals surface area contributed by atoms with Crippen molar-refractivity contribution in [2.24, 2.45) is 0 Å². The van der Waals surface area contributed by atoms with Crippen molar-refractivity contribution in [1.82, 2.24) is 0 Å². The molecule has 0 saturated carbocycles. The number of methoxy groups -OCH3 is 1. The Balaban J connectivity index is 2.23. The first kappa shape index (κ1) is 14.9. The van der Waals surface area contributed by atoms with Crippen LogP contribution < -0.4 is 10.1 Å². The number of hydrogen-bond acceptors (Lipinski definition) is 2. The molecule has 0 saturated heterocycles. The summed E-state index contributed by atoms with van der Waals surface area (Å²) in [5, 5.41) is 3.50. The third-order valence-electron chi connectivity index (χ3n) is 3.44. The van der Waals surface area contributed by atoms with Crippen LogP contribution in [0, 0.1) is 6.92 Å². The van der Waals surface area contributed by atoms with Crippen LogP contribution in [0.25, 0.3) is 0 Å². The lowest BCUT2D eigenvalue weighted by molar-refractivity contribution is 0.416. The molecule has 20 heavy (non-hydrogen) atoms. The van der Waals surface area contributed by atoms with Crippen molar-refractivity contribution in [1.29, 1.82) is 0 Å². The van der Waals surface area contributed by atoms with Gasteiger partial charge in [0, 0.05) is 11.0 Å². The monoisotopic (exact) mass is 333 g/mol. The quantitative estimate of drug-likeness (QED) is 0.836. The molecular formula is C17H20BrNO. The van der Waals surface area contributed by atoms with Crippen LogP contribution in [0.5, 0.6) is 5.75 Å². The molecule has 0 spiro atoms. The van der Waals surface area contributed by atoms with Crippen LogP contribution >= 0.6 is 15.9 Å². The van der Waals surface area contributed by atoms with Gasteiger partial charge in [0.2, 0.25) is 0 Å². The van der Waals surface area contributed by atoms with E-state index in [4.69, 9.17) is 4.74 Å². The Morgan fingerprint density at radius 1 is 1.15 bits per heavy atom. The first-order chi connectivity index (χ1) is 9.65. The third kappa shape index (κ3) is 3.34. The Kier molecular flexibility index (Phi) is 5.07. The minimum atomic E-state index is 0.808. The minimum Gasteiger partial charge on any atom is -0.495 e. The van der Waals surface area contributed by atoms with Gasteiger partial charge in [-0.2, -0.15) is 0 Å². The fourth-order valence-electron chi connectivity index (χ4n) is 2.36. The molecule has 2 rings (SSSR count). The molecule has 0 aliphatic carbocycles. The molecule has 0 amide bonds. The van der Waals surface area contributed by atoms with Gasteiger partial charge in [0.05, 0.1) is 12.8 Å². The molecule has 0 radical (unpaired) electrons. The summed E-state index contributed by atoms with van der Waals surface area (Å²) in [6.07, 6.45) is 1.05. The van der Waals surface area contributed by atoms with E-state index in [1.165, 1.54) is 16.7 Å². The lowest BCUT2D eigenvalue weighted by Gasteiger charge is -2.16. The van der Waals surface area contributed by atoms with Crippen LogP contribution in [-0.4, -0.2) is 7.11 Å². The minimum absolute atomic E-state index is 0.808. The van der Waals surface area contributed by atoms with Gasteiger partial charge in [-0.15, -0.1) is 0 Å². The predicted octanol–water partition coefficient (Wildman–Crippen LogP) is 4.94. The van der Waals surface area contributed by atoms with Crippen LogP contribution in [0.2, 0.25) is 0 Å². The average Bonchev–Trinajstić information content (AvgIpc) is 2.45. The zero-order valence-electron chi connectivity index (χ0n) is 12.2. The van der Waals surface area contributed by atoms with Gasteiger partial charge in [-0.05, 0) is 42.2 Å². The number of benzene rings is 2. The summed E-state index contributed by atoms with van der Waals surface area (Å²) >= 11 is 3.50. The number of hydrogen-bond donors (Lipinski definition) is 1. The highest BCUT2D eigenvalue weighted by atomic mass is 79.9. The summed E-state index contributed by atoms with van der Waals surface area (Å²) in [7, 11) is 1.70. The maximum Gasteiger partial charge on any atom is 0.143 e. The molecule has 0 atom stereocenters. The molecule has 3 heteroatoms. The first-order valence-corrected chi connectivity index (χ1v) is 7.59. The van der Waals surface area contributed by atoms with Gasteiger partial charge < -0.3 is 10.1 Å². The number of halogens is 1. The Hall–Kier alpha value is -1.48. The van der Waals surface area contributed by atoms with E-state index in [-0.39, 0.29) is 0 Å². The molecule has 0 heterocycles. The summed E-state index contributed by atoms with van der Waals surface area (Å²) in [5.74, 6) is 0.867. The standard InChI is InChI=1S/C17H20BrNO/c1-4-13-7-5-6-8-14(13)11-19-17-12(2)9-15(18)10-16(17)20-3/h5-10,19H,4,11H2,1-3H3. The maximum absolute atomic E-state index is 5.46. The van der Waals surface area contributed by atoms with Crippen LogP contribution in [0.15, 0.2) is 40.9 Å². The number of aryl methyl sites for hydroxylation is 2. The molecule has 2 nitrogen and oxygen atoms in total. The highest BCUT2D eigenvalue weighted by molar-refractivity contribution is 9.10. The fourth-order valence-corrected chi connectivity index (χ4v) is 2.91. The second-order valence-corrected chi connectivity index (χ2v) is 5.69. The van der Waals surface area contributed by atoms with Crippen LogP contribution in [0.1, 0.15) is 23.6 Å². The average molecular weight is 334 g/mol. The van der Waals surface area contributed by atoms with E-state index < -0.39 is 0 Å². The van der Waals surface area contributed by atoms with E-state index in [2.05, 4.69) is 65.4 Å². The largest absolute Gasteiger partial charge is 0.495 e. The van der Waals surface area contributed by atoms with Gasteiger partial charge in [-0.1, -0.05) is 47.1 Å². The van der Waals surface area contributed by atoms with E-state index in [1.54, 1.807) is 7.11 Å². The normalized spacial score (nSPS) is 10.4. The number of rotatable bonds is 5. The van der Waals surface area contributed by atoms with E-state index in [0.717, 1.165) is 28.9 Å². The summed E-state index contributed by atoms with van der Waals surface area (Å²) in [6.45, 7) is 5.08. The summed E-state index contributed by atoms with van der Waals surface area (Å²) in [5.41, 5.74) is 4.94. The summed E-state index contributed by atoms with van der Waals surface area (Å²) < 4.78 is 6.49. The highest BCUT2D eigenvalue weighted by Crippen LogP contribution is 2.32. The predicted molar refractivity (Wildman–Crippen MR) is 88.6 cm³/mol. The van der Waals surface area contributed by atoms with Crippen molar-refractivity contribution in [2.45, 2.75) is 26.8 Å². The maximum atomic E-state index is 5.46. The smallest absolute Gasteiger partial charge is 0.143 e.